The molecule has 18 heavy (non-hydrogen) atoms. The molecule has 0 saturated carbocycles. The summed E-state index contributed by atoms with van der Waals surface area (Å²) >= 11 is 0. The fraction of sp³-hybridized carbons (Fsp3) is 0.333. The second kappa shape index (κ2) is 4.30. The van der Waals surface area contributed by atoms with Crippen LogP contribution in [0, 0.1) is 0 Å². The molecule has 3 rings (SSSR count). The highest BCUT2D eigenvalue weighted by atomic mass is 16.5. The molecule has 1 aromatic carbocycles. The molecule has 6 nitrogen and oxygen atoms in total. The number of hydrogen-bond acceptors (Lipinski definition) is 4. The number of hydrogen-bond donors (Lipinski definition) is 2. The molecule has 6 heteroatoms. The van der Waals surface area contributed by atoms with E-state index in [0.717, 1.165) is 0 Å². The first-order valence-electron chi connectivity index (χ1n) is 5.68. The van der Waals surface area contributed by atoms with E-state index in [0.29, 0.717) is 30.2 Å². The Bertz CT molecular complexity index is 511. The van der Waals surface area contributed by atoms with Crippen molar-refractivity contribution in [3.05, 3.63) is 23.8 Å². The summed E-state index contributed by atoms with van der Waals surface area (Å²) in [6.45, 7) is 1.12. The van der Waals surface area contributed by atoms with Gasteiger partial charge in [0.15, 0.2) is 6.61 Å². The number of carbonyl (C=O) groups excluding carboxylic acids is 2. The Morgan fingerprint density at radius 2 is 2.22 bits per heavy atom. The number of ether oxygens (including phenoxy) is 2. The van der Waals surface area contributed by atoms with Crippen molar-refractivity contribution in [2.45, 2.75) is 6.04 Å². The molecule has 94 valence electrons. The van der Waals surface area contributed by atoms with E-state index in [2.05, 4.69) is 10.6 Å². The maximum atomic E-state index is 11.9. The van der Waals surface area contributed by atoms with E-state index in [4.69, 9.17) is 9.47 Å². The highest BCUT2D eigenvalue weighted by molar-refractivity contribution is 5.99. The summed E-state index contributed by atoms with van der Waals surface area (Å²) in [4.78, 5) is 23.1. The van der Waals surface area contributed by atoms with Crippen molar-refractivity contribution in [1.82, 2.24) is 5.32 Å². The minimum Gasteiger partial charge on any atom is -0.482 e. The second-order valence-corrected chi connectivity index (χ2v) is 4.26. The van der Waals surface area contributed by atoms with Gasteiger partial charge in [-0.15, -0.1) is 0 Å². The maximum Gasteiger partial charge on any atom is 0.262 e. The zero-order valence-corrected chi connectivity index (χ0v) is 9.56. The molecule has 1 saturated heterocycles. The standard InChI is InChI=1S/C12H12N2O4/c15-11-6-18-10-2-1-7(3-9(10)14-11)12(16)13-8-4-17-5-8/h1-3,8H,4-6H2,(H,13,16)(H,14,15). The second-order valence-electron chi connectivity index (χ2n) is 4.26. The number of nitrogens with one attached hydrogen (secondary N) is 2. The van der Waals surface area contributed by atoms with Gasteiger partial charge in [0.2, 0.25) is 0 Å². The van der Waals surface area contributed by atoms with Gasteiger partial charge in [0.05, 0.1) is 24.9 Å². The van der Waals surface area contributed by atoms with Gasteiger partial charge in [0.1, 0.15) is 5.75 Å². The minimum absolute atomic E-state index is 0.0119. The third-order valence-corrected chi connectivity index (χ3v) is 2.85. The summed E-state index contributed by atoms with van der Waals surface area (Å²) in [5, 5.41) is 5.50. The topological polar surface area (TPSA) is 76.7 Å². The van der Waals surface area contributed by atoms with Crippen LogP contribution in [0.5, 0.6) is 5.75 Å². The number of fused-ring (bicyclic) bond motifs is 1. The van der Waals surface area contributed by atoms with Crippen LogP contribution in [0.3, 0.4) is 0 Å². The maximum absolute atomic E-state index is 11.9. The van der Waals surface area contributed by atoms with Crippen LogP contribution in [0.15, 0.2) is 18.2 Å². The van der Waals surface area contributed by atoms with Crippen molar-refractivity contribution in [3.8, 4) is 5.75 Å². The zero-order valence-electron chi connectivity index (χ0n) is 9.56. The van der Waals surface area contributed by atoms with Gasteiger partial charge in [-0.1, -0.05) is 0 Å². The molecule has 0 radical (unpaired) electrons. The summed E-state index contributed by atoms with van der Waals surface area (Å²) in [6.07, 6.45) is 0. The van der Waals surface area contributed by atoms with E-state index >= 15 is 0 Å². The predicted octanol–water partition coefficient (Wildman–Crippen LogP) is 0.146. The van der Waals surface area contributed by atoms with Crippen molar-refractivity contribution >= 4 is 17.5 Å². The molecule has 2 aliphatic heterocycles. The van der Waals surface area contributed by atoms with Crippen LogP contribution in [0.1, 0.15) is 10.4 Å². The fourth-order valence-electron chi connectivity index (χ4n) is 1.81. The average molecular weight is 248 g/mol. The quantitative estimate of drug-likeness (QED) is 0.781. The highest BCUT2D eigenvalue weighted by Gasteiger charge is 2.22. The predicted molar refractivity (Wildman–Crippen MR) is 62.6 cm³/mol. The molecule has 1 aromatic rings. The summed E-state index contributed by atoms with van der Waals surface area (Å²) in [6, 6.07) is 5.05. The van der Waals surface area contributed by atoms with Gasteiger partial charge in [-0.3, -0.25) is 9.59 Å². The van der Waals surface area contributed by atoms with E-state index in [1.54, 1.807) is 18.2 Å². The fourth-order valence-corrected chi connectivity index (χ4v) is 1.81. The minimum atomic E-state index is -0.215. The summed E-state index contributed by atoms with van der Waals surface area (Å²) in [7, 11) is 0. The van der Waals surface area contributed by atoms with Gasteiger partial charge in [0, 0.05) is 5.56 Å². The highest BCUT2D eigenvalue weighted by Crippen LogP contribution is 2.28. The van der Waals surface area contributed by atoms with Crippen molar-refractivity contribution in [2.24, 2.45) is 0 Å². The van der Waals surface area contributed by atoms with Gasteiger partial charge >= 0.3 is 0 Å². The van der Waals surface area contributed by atoms with Gasteiger partial charge < -0.3 is 20.1 Å². The van der Waals surface area contributed by atoms with Crippen molar-refractivity contribution in [1.29, 1.82) is 0 Å². The van der Waals surface area contributed by atoms with E-state index in [1.807, 2.05) is 0 Å². The monoisotopic (exact) mass is 248 g/mol. The lowest BCUT2D eigenvalue weighted by Crippen LogP contribution is -2.48. The smallest absolute Gasteiger partial charge is 0.262 e. The Balaban J connectivity index is 1.78. The first-order valence-corrected chi connectivity index (χ1v) is 5.68. The molecule has 0 bridgehead atoms. The van der Waals surface area contributed by atoms with Crippen molar-refractivity contribution in [3.63, 3.8) is 0 Å². The van der Waals surface area contributed by atoms with E-state index in [-0.39, 0.29) is 24.5 Å². The van der Waals surface area contributed by atoms with E-state index in [9.17, 15) is 9.59 Å². The molecular weight excluding hydrogens is 236 g/mol. The Morgan fingerprint density at radius 3 is 2.94 bits per heavy atom. The molecule has 0 aliphatic carbocycles. The number of rotatable bonds is 2. The molecular formula is C12H12N2O4. The number of carbonyl (C=O) groups is 2. The lowest BCUT2D eigenvalue weighted by Gasteiger charge is -2.27. The molecule has 0 aromatic heterocycles. The Labute approximate surface area is 103 Å². The lowest BCUT2D eigenvalue weighted by atomic mass is 10.1. The van der Waals surface area contributed by atoms with Crippen LogP contribution < -0.4 is 15.4 Å². The SMILES string of the molecule is O=C1COc2ccc(C(=O)NC3COC3)cc2N1. The van der Waals surface area contributed by atoms with Crippen LogP contribution in [-0.2, 0) is 9.53 Å². The molecule has 2 amide bonds. The molecule has 0 atom stereocenters. The van der Waals surface area contributed by atoms with Crippen LogP contribution >= 0.6 is 0 Å². The first kappa shape index (κ1) is 11.0. The number of benzene rings is 1. The molecule has 2 N–H and O–H groups in total. The third kappa shape index (κ3) is 2.02. The average Bonchev–Trinajstić information content (AvgIpc) is 2.32. The largest absolute Gasteiger partial charge is 0.482 e. The lowest BCUT2D eigenvalue weighted by molar-refractivity contribution is -0.118. The third-order valence-electron chi connectivity index (χ3n) is 2.85. The number of amides is 2. The molecule has 0 spiro atoms. The molecule has 0 unspecified atom stereocenters. The van der Waals surface area contributed by atoms with Gasteiger partial charge in [-0.2, -0.15) is 0 Å². The molecule has 1 fully saturated rings. The van der Waals surface area contributed by atoms with Crippen LogP contribution in [-0.4, -0.2) is 37.7 Å². The zero-order chi connectivity index (χ0) is 12.5. The van der Waals surface area contributed by atoms with Crippen LogP contribution in [0.25, 0.3) is 0 Å². The first-order chi connectivity index (χ1) is 8.72. The van der Waals surface area contributed by atoms with Crippen molar-refractivity contribution in [2.75, 3.05) is 25.1 Å². The van der Waals surface area contributed by atoms with Crippen LogP contribution in [0.2, 0.25) is 0 Å². The molecule has 2 aliphatic rings. The summed E-state index contributed by atoms with van der Waals surface area (Å²) < 4.78 is 10.2. The Morgan fingerprint density at radius 1 is 1.39 bits per heavy atom. The molecule has 2 heterocycles. The Kier molecular flexibility index (Phi) is 2.64. The van der Waals surface area contributed by atoms with Gasteiger partial charge in [-0.25, -0.2) is 0 Å². The normalized spacial score (nSPS) is 18.1. The van der Waals surface area contributed by atoms with E-state index in [1.165, 1.54) is 0 Å². The van der Waals surface area contributed by atoms with Crippen molar-refractivity contribution < 1.29 is 19.1 Å². The van der Waals surface area contributed by atoms with Gasteiger partial charge in [0.25, 0.3) is 11.8 Å². The van der Waals surface area contributed by atoms with Crippen LogP contribution in [0.4, 0.5) is 5.69 Å². The van der Waals surface area contributed by atoms with Gasteiger partial charge in [-0.05, 0) is 18.2 Å². The Hall–Kier alpha value is -2.08. The summed E-state index contributed by atoms with van der Waals surface area (Å²) in [5.41, 5.74) is 1.02. The summed E-state index contributed by atoms with van der Waals surface area (Å²) in [5.74, 6) is 0.191. The van der Waals surface area contributed by atoms with E-state index < -0.39 is 0 Å². The number of anilines is 1.